The lowest BCUT2D eigenvalue weighted by atomic mass is 10.1. The number of rotatable bonds is 3. The minimum Gasteiger partial charge on any atom is -0.504 e. The van der Waals surface area contributed by atoms with E-state index in [-0.39, 0.29) is 34.6 Å². The second-order valence-corrected chi connectivity index (χ2v) is 6.99. The molecule has 4 rings (SSSR count). The van der Waals surface area contributed by atoms with E-state index < -0.39 is 53.0 Å². The SMILES string of the molecule is O=c1cc(-c2ccc(O)c(O)c2)oc2cc(O[C@H]3OC[C@@H](O)[C@H](O)[C@@H]3O)c(O)c(O)c12. The number of aliphatic hydroxyl groups excluding tert-OH is 3. The molecule has 2 heterocycles. The van der Waals surface area contributed by atoms with Gasteiger partial charge in [-0.1, -0.05) is 0 Å². The van der Waals surface area contributed by atoms with Crippen LogP contribution in [0.1, 0.15) is 0 Å². The molecule has 0 bridgehead atoms. The number of phenols is 4. The summed E-state index contributed by atoms with van der Waals surface area (Å²) in [5, 5.41) is 68.6. The molecular formula is C20H18O11. The topological polar surface area (TPSA) is 190 Å². The third-order valence-corrected chi connectivity index (χ3v) is 4.89. The molecule has 164 valence electrons. The summed E-state index contributed by atoms with van der Waals surface area (Å²) < 4.78 is 16.1. The first-order chi connectivity index (χ1) is 14.7. The van der Waals surface area contributed by atoms with Crippen molar-refractivity contribution in [2.75, 3.05) is 6.61 Å². The van der Waals surface area contributed by atoms with E-state index in [1.54, 1.807) is 0 Å². The van der Waals surface area contributed by atoms with Gasteiger partial charge in [-0.2, -0.15) is 0 Å². The Morgan fingerprint density at radius 2 is 1.65 bits per heavy atom. The number of aromatic hydroxyl groups is 4. The lowest BCUT2D eigenvalue weighted by Gasteiger charge is -2.35. The zero-order valence-corrected chi connectivity index (χ0v) is 15.7. The van der Waals surface area contributed by atoms with Crippen LogP contribution in [0.2, 0.25) is 0 Å². The molecule has 0 unspecified atom stereocenters. The van der Waals surface area contributed by atoms with E-state index in [1.165, 1.54) is 12.1 Å². The van der Waals surface area contributed by atoms with Gasteiger partial charge in [0.2, 0.25) is 12.0 Å². The number of phenolic OH excluding ortho intramolecular Hbond substituents is 4. The van der Waals surface area contributed by atoms with Crippen LogP contribution in [-0.2, 0) is 4.74 Å². The van der Waals surface area contributed by atoms with Crippen LogP contribution in [-0.4, -0.2) is 67.0 Å². The van der Waals surface area contributed by atoms with Crippen LogP contribution >= 0.6 is 0 Å². The van der Waals surface area contributed by atoms with Gasteiger partial charge in [0, 0.05) is 17.7 Å². The average molecular weight is 434 g/mol. The lowest BCUT2D eigenvalue weighted by Crippen LogP contribution is -2.54. The van der Waals surface area contributed by atoms with Crippen LogP contribution in [0, 0.1) is 0 Å². The van der Waals surface area contributed by atoms with E-state index in [1.807, 2.05) is 0 Å². The third kappa shape index (κ3) is 3.59. The summed E-state index contributed by atoms with van der Waals surface area (Å²) in [6.45, 7) is -0.354. The fraction of sp³-hybridized carbons (Fsp3) is 0.250. The molecule has 1 aliphatic rings. The van der Waals surface area contributed by atoms with E-state index in [0.717, 1.165) is 18.2 Å². The van der Waals surface area contributed by atoms with Crippen LogP contribution in [0.4, 0.5) is 0 Å². The van der Waals surface area contributed by atoms with Crippen molar-refractivity contribution < 1.29 is 49.6 Å². The maximum absolute atomic E-state index is 12.5. The molecule has 1 saturated heterocycles. The van der Waals surface area contributed by atoms with Gasteiger partial charge < -0.3 is 49.6 Å². The van der Waals surface area contributed by atoms with Crippen molar-refractivity contribution in [3.05, 3.63) is 40.6 Å². The molecule has 1 aliphatic heterocycles. The van der Waals surface area contributed by atoms with Gasteiger partial charge in [0.1, 0.15) is 35.0 Å². The Hall–Kier alpha value is -3.51. The predicted molar refractivity (Wildman–Crippen MR) is 103 cm³/mol. The summed E-state index contributed by atoms with van der Waals surface area (Å²) in [6, 6.07) is 5.84. The summed E-state index contributed by atoms with van der Waals surface area (Å²) >= 11 is 0. The Kier molecular flexibility index (Phi) is 5.11. The molecule has 7 N–H and O–H groups in total. The van der Waals surface area contributed by atoms with Crippen LogP contribution in [0.5, 0.6) is 28.7 Å². The zero-order valence-electron chi connectivity index (χ0n) is 15.7. The van der Waals surface area contributed by atoms with E-state index >= 15 is 0 Å². The Morgan fingerprint density at radius 1 is 0.903 bits per heavy atom. The van der Waals surface area contributed by atoms with Gasteiger partial charge in [0.25, 0.3) is 0 Å². The van der Waals surface area contributed by atoms with Crippen LogP contribution in [0.25, 0.3) is 22.3 Å². The Bertz CT molecular complexity index is 1200. The van der Waals surface area contributed by atoms with Gasteiger partial charge in [0.05, 0.1) is 6.61 Å². The summed E-state index contributed by atoms with van der Waals surface area (Å²) in [4.78, 5) is 12.5. The minimum absolute atomic E-state index is 0.0173. The van der Waals surface area contributed by atoms with Crippen LogP contribution < -0.4 is 10.2 Å². The Morgan fingerprint density at radius 3 is 2.35 bits per heavy atom. The molecule has 1 aromatic heterocycles. The van der Waals surface area contributed by atoms with Gasteiger partial charge in [-0.3, -0.25) is 4.79 Å². The lowest BCUT2D eigenvalue weighted by molar-refractivity contribution is -0.242. The third-order valence-electron chi connectivity index (χ3n) is 4.89. The van der Waals surface area contributed by atoms with E-state index in [0.29, 0.717) is 0 Å². The molecule has 3 aromatic rings. The normalized spacial score (nSPS) is 23.7. The molecular weight excluding hydrogens is 416 g/mol. The van der Waals surface area contributed by atoms with Gasteiger partial charge in [-0.15, -0.1) is 0 Å². The summed E-state index contributed by atoms with van der Waals surface area (Å²) in [5.41, 5.74) is -0.672. The molecule has 0 aliphatic carbocycles. The monoisotopic (exact) mass is 434 g/mol. The summed E-state index contributed by atoms with van der Waals surface area (Å²) in [7, 11) is 0. The van der Waals surface area contributed by atoms with Crippen molar-refractivity contribution in [1.29, 1.82) is 0 Å². The number of hydrogen-bond donors (Lipinski definition) is 7. The zero-order chi connectivity index (χ0) is 22.4. The van der Waals surface area contributed by atoms with Crippen molar-refractivity contribution in [3.8, 4) is 40.1 Å². The quantitative estimate of drug-likeness (QED) is 0.277. The van der Waals surface area contributed by atoms with E-state index in [4.69, 9.17) is 13.9 Å². The maximum atomic E-state index is 12.5. The molecule has 4 atom stereocenters. The van der Waals surface area contributed by atoms with Crippen molar-refractivity contribution in [2.45, 2.75) is 24.6 Å². The fourth-order valence-corrected chi connectivity index (χ4v) is 3.19. The molecule has 11 heteroatoms. The van der Waals surface area contributed by atoms with E-state index in [9.17, 15) is 40.5 Å². The summed E-state index contributed by atoms with van der Waals surface area (Å²) in [5.74, 6) is -2.92. The minimum atomic E-state index is -1.67. The number of benzene rings is 2. The number of hydrogen-bond acceptors (Lipinski definition) is 11. The van der Waals surface area contributed by atoms with Gasteiger partial charge in [-0.05, 0) is 18.2 Å². The van der Waals surface area contributed by atoms with Crippen molar-refractivity contribution >= 4 is 11.0 Å². The second-order valence-electron chi connectivity index (χ2n) is 6.99. The highest BCUT2D eigenvalue weighted by Gasteiger charge is 2.39. The van der Waals surface area contributed by atoms with Gasteiger partial charge in [-0.25, -0.2) is 0 Å². The van der Waals surface area contributed by atoms with Crippen molar-refractivity contribution in [2.24, 2.45) is 0 Å². The molecule has 0 spiro atoms. The molecule has 2 aromatic carbocycles. The molecule has 31 heavy (non-hydrogen) atoms. The summed E-state index contributed by atoms with van der Waals surface area (Å²) in [6.07, 6.45) is -6.07. The highest BCUT2D eigenvalue weighted by Crippen LogP contribution is 2.42. The van der Waals surface area contributed by atoms with Crippen LogP contribution in [0.15, 0.2) is 39.5 Å². The molecule has 1 fully saturated rings. The molecule has 11 nitrogen and oxygen atoms in total. The van der Waals surface area contributed by atoms with Gasteiger partial charge in [0.15, 0.2) is 28.4 Å². The predicted octanol–water partition coefficient (Wildman–Crippen LogP) is 0.100. The maximum Gasteiger partial charge on any atom is 0.229 e. The molecule has 0 saturated carbocycles. The van der Waals surface area contributed by atoms with Crippen molar-refractivity contribution in [1.82, 2.24) is 0 Å². The number of fused-ring (bicyclic) bond motifs is 1. The van der Waals surface area contributed by atoms with Crippen molar-refractivity contribution in [3.63, 3.8) is 0 Å². The molecule has 0 amide bonds. The second kappa shape index (κ2) is 7.63. The molecule has 0 radical (unpaired) electrons. The highest BCUT2D eigenvalue weighted by molar-refractivity contribution is 5.89. The number of ether oxygens (including phenoxy) is 2. The Labute approximate surface area is 173 Å². The first kappa shape index (κ1) is 20.8. The van der Waals surface area contributed by atoms with Crippen LogP contribution in [0.3, 0.4) is 0 Å². The first-order valence-electron chi connectivity index (χ1n) is 9.05. The van der Waals surface area contributed by atoms with Gasteiger partial charge >= 0.3 is 0 Å². The smallest absolute Gasteiger partial charge is 0.229 e. The number of aliphatic hydroxyl groups is 3. The van der Waals surface area contributed by atoms with E-state index in [2.05, 4.69) is 0 Å². The fourth-order valence-electron chi connectivity index (χ4n) is 3.19. The highest BCUT2D eigenvalue weighted by atomic mass is 16.7. The average Bonchev–Trinajstić information content (AvgIpc) is 2.73. The first-order valence-corrected chi connectivity index (χ1v) is 9.05. The standard InChI is InChI=1S/C20H18O11/c21-8-2-1-7(3-9(8)22)12-4-10(23)15-13(30-12)5-14(17(26)18(15)27)31-20-19(28)16(25)11(24)6-29-20/h1-5,11,16,19-22,24-28H,6H2/t11-,16+,19+,20-/m1/s1. The largest absolute Gasteiger partial charge is 0.504 e. The Balaban J connectivity index is 1.78.